The molecule has 2 heterocycles. The number of anilines is 1. The highest BCUT2D eigenvalue weighted by molar-refractivity contribution is 5.84. The van der Waals surface area contributed by atoms with Crippen molar-refractivity contribution in [3.8, 4) is 0 Å². The van der Waals surface area contributed by atoms with Gasteiger partial charge in [-0.3, -0.25) is 4.79 Å². The second kappa shape index (κ2) is 4.99. The minimum Gasteiger partial charge on any atom is -0.476 e. The molecule has 1 atom stereocenters. The van der Waals surface area contributed by atoms with Gasteiger partial charge in [0, 0.05) is 26.1 Å². The Morgan fingerprint density at radius 3 is 2.83 bits per heavy atom. The Morgan fingerprint density at radius 2 is 2.28 bits per heavy atom. The number of aromatic carboxylic acids is 1. The molecular formula is C11H14N4O3. The zero-order valence-corrected chi connectivity index (χ0v) is 9.96. The van der Waals surface area contributed by atoms with Gasteiger partial charge in [-0.1, -0.05) is 0 Å². The van der Waals surface area contributed by atoms with Crippen LogP contribution in [0.3, 0.4) is 0 Å². The van der Waals surface area contributed by atoms with Gasteiger partial charge in [0.1, 0.15) is 5.82 Å². The molecule has 1 unspecified atom stereocenters. The molecule has 1 aliphatic heterocycles. The molecule has 0 radical (unpaired) electrons. The van der Waals surface area contributed by atoms with Gasteiger partial charge in [-0.25, -0.2) is 14.8 Å². The van der Waals surface area contributed by atoms with E-state index in [1.165, 1.54) is 12.4 Å². The molecule has 1 amide bonds. The third-order valence-electron chi connectivity index (χ3n) is 2.85. The van der Waals surface area contributed by atoms with E-state index in [1.807, 2.05) is 0 Å². The first-order chi connectivity index (χ1) is 8.56. The number of nitrogens with zero attached hydrogens (tertiary/aromatic N) is 3. The van der Waals surface area contributed by atoms with Crippen LogP contribution in [0.5, 0.6) is 0 Å². The third-order valence-corrected chi connectivity index (χ3v) is 2.85. The normalized spacial score (nSPS) is 19.7. The van der Waals surface area contributed by atoms with Crippen LogP contribution in [-0.4, -0.2) is 51.5 Å². The minimum absolute atomic E-state index is 0.0866. The van der Waals surface area contributed by atoms with Crippen LogP contribution in [0, 0.1) is 0 Å². The lowest BCUT2D eigenvalue weighted by Crippen LogP contribution is -2.43. The number of likely N-dealkylation sites (N-methyl/N-ethyl adjacent to an activating group) is 1. The number of carbonyl (C=O) groups is 2. The summed E-state index contributed by atoms with van der Waals surface area (Å²) < 4.78 is 0. The van der Waals surface area contributed by atoms with Crippen molar-refractivity contribution in [3.05, 3.63) is 18.1 Å². The maximum Gasteiger partial charge on any atom is 0.356 e. The number of piperidine rings is 1. The molecule has 0 bridgehead atoms. The Hall–Kier alpha value is -2.18. The molecule has 1 aliphatic rings. The number of aromatic nitrogens is 2. The van der Waals surface area contributed by atoms with Gasteiger partial charge in [-0.15, -0.1) is 0 Å². The van der Waals surface area contributed by atoms with E-state index in [1.54, 1.807) is 11.9 Å². The lowest BCUT2D eigenvalue weighted by atomic mass is 10.1. The fraction of sp³-hybridized carbons (Fsp3) is 0.455. The number of hydrogen-bond donors (Lipinski definition) is 2. The Bertz CT molecular complexity index is 460. The predicted octanol–water partition coefficient (Wildman–Crippen LogP) is 0.207. The first kappa shape index (κ1) is 12.3. The molecule has 0 spiro atoms. The highest BCUT2D eigenvalue weighted by Gasteiger charge is 2.22. The van der Waals surface area contributed by atoms with Crippen LogP contribution in [0.25, 0.3) is 0 Å². The average molecular weight is 250 g/mol. The Labute approximate surface area is 104 Å². The first-order valence-electron chi connectivity index (χ1n) is 5.62. The zero-order valence-electron chi connectivity index (χ0n) is 9.96. The van der Waals surface area contributed by atoms with Gasteiger partial charge in [0.15, 0.2) is 5.69 Å². The van der Waals surface area contributed by atoms with Gasteiger partial charge in [0.2, 0.25) is 5.91 Å². The van der Waals surface area contributed by atoms with E-state index < -0.39 is 5.97 Å². The van der Waals surface area contributed by atoms with Crippen molar-refractivity contribution in [3.63, 3.8) is 0 Å². The van der Waals surface area contributed by atoms with Gasteiger partial charge in [0.25, 0.3) is 0 Å². The summed E-state index contributed by atoms with van der Waals surface area (Å²) in [5.41, 5.74) is -0.0866. The highest BCUT2D eigenvalue weighted by Crippen LogP contribution is 2.14. The van der Waals surface area contributed by atoms with E-state index in [0.717, 1.165) is 6.42 Å². The van der Waals surface area contributed by atoms with Crippen LogP contribution in [-0.2, 0) is 4.79 Å². The standard InChI is InChI=1S/C11H14N4O3/c1-15-6-7(2-3-10(15)16)14-9-5-12-8(4-13-9)11(17)18/h4-5,7H,2-3,6H2,1H3,(H,13,14)(H,17,18). The van der Waals surface area contributed by atoms with Crippen LogP contribution in [0.4, 0.5) is 5.82 Å². The number of carboxylic acid groups (broad SMARTS) is 1. The summed E-state index contributed by atoms with van der Waals surface area (Å²) in [6, 6.07) is 0.123. The van der Waals surface area contributed by atoms with Crippen LogP contribution < -0.4 is 5.32 Å². The Kier molecular flexibility index (Phi) is 3.40. The molecule has 2 N–H and O–H groups in total. The quantitative estimate of drug-likeness (QED) is 0.796. The van der Waals surface area contributed by atoms with Gasteiger partial charge in [-0.05, 0) is 6.42 Å². The third kappa shape index (κ3) is 2.73. The van der Waals surface area contributed by atoms with Gasteiger partial charge in [-0.2, -0.15) is 0 Å². The molecule has 96 valence electrons. The summed E-state index contributed by atoms with van der Waals surface area (Å²) in [5.74, 6) is -0.440. The number of nitrogens with one attached hydrogen (secondary N) is 1. The van der Waals surface area contributed by atoms with E-state index in [2.05, 4.69) is 15.3 Å². The summed E-state index contributed by atoms with van der Waals surface area (Å²) in [6.07, 6.45) is 3.85. The predicted molar refractivity (Wildman–Crippen MR) is 63.3 cm³/mol. The SMILES string of the molecule is CN1CC(Nc2cnc(C(=O)O)cn2)CCC1=O. The Morgan fingerprint density at radius 1 is 1.50 bits per heavy atom. The fourth-order valence-corrected chi connectivity index (χ4v) is 1.85. The second-order valence-corrected chi connectivity index (χ2v) is 4.25. The number of likely N-dealkylation sites (tertiary alicyclic amines) is 1. The van der Waals surface area contributed by atoms with E-state index >= 15 is 0 Å². The number of amides is 1. The molecule has 1 fully saturated rings. The molecule has 0 aromatic carbocycles. The van der Waals surface area contributed by atoms with Gasteiger partial charge >= 0.3 is 5.97 Å². The molecule has 7 heteroatoms. The summed E-state index contributed by atoms with van der Waals surface area (Å²) in [4.78, 5) is 31.4. The lowest BCUT2D eigenvalue weighted by molar-refractivity contribution is -0.132. The van der Waals surface area contributed by atoms with Crippen molar-refractivity contribution in [2.45, 2.75) is 18.9 Å². The molecule has 0 aliphatic carbocycles. The molecule has 0 saturated carbocycles. The van der Waals surface area contributed by atoms with Gasteiger partial charge in [0.05, 0.1) is 12.4 Å². The molecule has 7 nitrogen and oxygen atoms in total. The molecule has 1 saturated heterocycles. The fourth-order valence-electron chi connectivity index (χ4n) is 1.85. The van der Waals surface area contributed by atoms with Crippen molar-refractivity contribution in [1.29, 1.82) is 0 Å². The maximum atomic E-state index is 11.3. The van der Waals surface area contributed by atoms with Crippen LogP contribution in [0.15, 0.2) is 12.4 Å². The van der Waals surface area contributed by atoms with Gasteiger partial charge < -0.3 is 15.3 Å². The zero-order chi connectivity index (χ0) is 13.1. The highest BCUT2D eigenvalue weighted by atomic mass is 16.4. The van der Waals surface area contributed by atoms with Crippen molar-refractivity contribution in [2.75, 3.05) is 18.9 Å². The van der Waals surface area contributed by atoms with E-state index in [-0.39, 0.29) is 17.6 Å². The number of carbonyl (C=O) groups excluding carboxylic acids is 1. The summed E-state index contributed by atoms with van der Waals surface area (Å²) in [5, 5.41) is 11.8. The monoisotopic (exact) mass is 250 g/mol. The largest absolute Gasteiger partial charge is 0.476 e. The van der Waals surface area contributed by atoms with Crippen LogP contribution in [0.1, 0.15) is 23.3 Å². The lowest BCUT2D eigenvalue weighted by Gasteiger charge is -2.30. The summed E-state index contributed by atoms with van der Waals surface area (Å²) in [7, 11) is 1.76. The van der Waals surface area contributed by atoms with Crippen molar-refractivity contribution >= 4 is 17.7 Å². The molecule has 18 heavy (non-hydrogen) atoms. The van der Waals surface area contributed by atoms with Crippen molar-refractivity contribution in [2.24, 2.45) is 0 Å². The maximum absolute atomic E-state index is 11.3. The van der Waals surface area contributed by atoms with Crippen LogP contribution >= 0.6 is 0 Å². The molecule has 1 aromatic rings. The second-order valence-electron chi connectivity index (χ2n) is 4.25. The first-order valence-corrected chi connectivity index (χ1v) is 5.62. The van der Waals surface area contributed by atoms with Crippen molar-refractivity contribution in [1.82, 2.24) is 14.9 Å². The topological polar surface area (TPSA) is 95.4 Å². The van der Waals surface area contributed by atoms with E-state index in [9.17, 15) is 9.59 Å². The van der Waals surface area contributed by atoms with Crippen LogP contribution in [0.2, 0.25) is 0 Å². The smallest absolute Gasteiger partial charge is 0.356 e. The Balaban J connectivity index is 1.97. The molecular weight excluding hydrogens is 236 g/mol. The number of rotatable bonds is 3. The molecule has 2 rings (SSSR count). The number of carboxylic acids is 1. The number of hydrogen-bond acceptors (Lipinski definition) is 5. The van der Waals surface area contributed by atoms with Crippen molar-refractivity contribution < 1.29 is 14.7 Å². The summed E-state index contributed by atoms with van der Waals surface area (Å²) >= 11 is 0. The van der Waals surface area contributed by atoms with E-state index in [4.69, 9.17) is 5.11 Å². The summed E-state index contributed by atoms with van der Waals surface area (Å²) in [6.45, 7) is 0.612. The minimum atomic E-state index is -1.10. The van der Waals surface area contributed by atoms with E-state index in [0.29, 0.717) is 18.8 Å². The average Bonchev–Trinajstić information content (AvgIpc) is 2.34. The molecule has 1 aromatic heterocycles.